The number of amides is 2. The summed E-state index contributed by atoms with van der Waals surface area (Å²) in [4.78, 5) is 28.7. The van der Waals surface area contributed by atoms with Crippen LogP contribution in [0.4, 0.5) is 10.8 Å². The average molecular weight is 436 g/mol. The van der Waals surface area contributed by atoms with Gasteiger partial charge in [-0.3, -0.25) is 9.59 Å². The molecule has 9 heteroatoms. The molecule has 1 N–H and O–H groups in total. The number of nitrogens with zero attached hydrogens (tertiary/aromatic N) is 4. The van der Waals surface area contributed by atoms with Crippen molar-refractivity contribution in [2.45, 2.75) is 39.5 Å². The van der Waals surface area contributed by atoms with Gasteiger partial charge >= 0.3 is 0 Å². The van der Waals surface area contributed by atoms with Crippen molar-refractivity contribution in [1.29, 1.82) is 0 Å². The highest BCUT2D eigenvalue weighted by atomic mass is 35.5. The third-order valence-electron chi connectivity index (χ3n) is 4.89. The maximum absolute atomic E-state index is 12.5. The summed E-state index contributed by atoms with van der Waals surface area (Å²) in [5.41, 5.74) is 2.29. The Morgan fingerprint density at radius 3 is 2.66 bits per heavy atom. The molecule has 0 spiro atoms. The van der Waals surface area contributed by atoms with E-state index in [1.165, 1.54) is 16.9 Å². The summed E-state index contributed by atoms with van der Waals surface area (Å²) in [6.07, 6.45) is 2.19. The van der Waals surface area contributed by atoms with E-state index in [2.05, 4.69) is 34.3 Å². The van der Waals surface area contributed by atoms with Crippen molar-refractivity contribution >= 4 is 45.6 Å². The molecule has 7 nitrogen and oxygen atoms in total. The van der Waals surface area contributed by atoms with Crippen LogP contribution < -0.4 is 10.2 Å². The number of rotatable bonds is 7. The van der Waals surface area contributed by atoms with Gasteiger partial charge in [-0.1, -0.05) is 35.9 Å². The second kappa shape index (κ2) is 10.0. The standard InChI is InChI=1S/C20H26ClN5O2S/c1-3-4-18-23-24-20(29-18)22-17(27)7-8-19(28)26-11-9-25(10-12-26)16-13-15(21)6-5-14(16)2/h5-6,13H,3-4,7-12H2,1-2H3,(H,22,24,27). The van der Waals surface area contributed by atoms with Crippen LogP contribution in [0.5, 0.6) is 0 Å². The Morgan fingerprint density at radius 2 is 1.93 bits per heavy atom. The van der Waals surface area contributed by atoms with Gasteiger partial charge < -0.3 is 15.1 Å². The second-order valence-corrected chi connectivity index (χ2v) is 8.60. The van der Waals surface area contributed by atoms with Crippen LogP contribution in [0.15, 0.2) is 18.2 Å². The van der Waals surface area contributed by atoms with Crippen LogP contribution in [0.25, 0.3) is 0 Å². The van der Waals surface area contributed by atoms with Gasteiger partial charge in [-0.25, -0.2) is 0 Å². The van der Waals surface area contributed by atoms with Crippen molar-refractivity contribution in [3.8, 4) is 0 Å². The molecule has 1 fully saturated rings. The minimum absolute atomic E-state index is 0.00607. The van der Waals surface area contributed by atoms with Gasteiger partial charge in [-0.15, -0.1) is 10.2 Å². The van der Waals surface area contributed by atoms with Crippen LogP contribution in [0.3, 0.4) is 0 Å². The lowest BCUT2D eigenvalue weighted by Crippen LogP contribution is -2.49. The zero-order chi connectivity index (χ0) is 20.8. The van der Waals surface area contributed by atoms with Crippen molar-refractivity contribution in [2.24, 2.45) is 0 Å². The topological polar surface area (TPSA) is 78.4 Å². The van der Waals surface area contributed by atoms with Gasteiger partial charge in [0.05, 0.1) is 0 Å². The van der Waals surface area contributed by atoms with Gasteiger partial charge in [0.25, 0.3) is 0 Å². The van der Waals surface area contributed by atoms with Crippen molar-refractivity contribution in [1.82, 2.24) is 15.1 Å². The predicted molar refractivity (Wildman–Crippen MR) is 117 cm³/mol. The molecule has 29 heavy (non-hydrogen) atoms. The summed E-state index contributed by atoms with van der Waals surface area (Å²) in [6.45, 7) is 6.92. The first-order valence-electron chi connectivity index (χ1n) is 9.87. The number of hydrogen-bond donors (Lipinski definition) is 1. The number of piperazine rings is 1. The fraction of sp³-hybridized carbons (Fsp3) is 0.500. The highest BCUT2D eigenvalue weighted by Crippen LogP contribution is 2.25. The zero-order valence-electron chi connectivity index (χ0n) is 16.8. The number of halogens is 1. The normalized spacial score (nSPS) is 14.2. The fourth-order valence-electron chi connectivity index (χ4n) is 3.30. The predicted octanol–water partition coefficient (Wildman–Crippen LogP) is 3.52. The molecule has 0 unspecified atom stereocenters. The van der Waals surface area contributed by atoms with E-state index >= 15 is 0 Å². The Labute approximate surface area is 180 Å². The molecular weight excluding hydrogens is 410 g/mol. The molecule has 156 valence electrons. The molecule has 2 aromatic rings. The monoisotopic (exact) mass is 435 g/mol. The summed E-state index contributed by atoms with van der Waals surface area (Å²) < 4.78 is 0. The molecule has 2 amide bonds. The van der Waals surface area contributed by atoms with Gasteiger partial charge in [-0.2, -0.15) is 0 Å². The first kappa shape index (κ1) is 21.5. The molecule has 1 aromatic carbocycles. The van der Waals surface area contributed by atoms with E-state index in [1.807, 2.05) is 23.1 Å². The Hall–Kier alpha value is -2.19. The number of anilines is 2. The van der Waals surface area contributed by atoms with Gasteiger partial charge in [0, 0.05) is 56.2 Å². The third kappa shape index (κ3) is 5.90. The number of aryl methyl sites for hydroxylation is 2. The first-order chi connectivity index (χ1) is 14.0. The van der Waals surface area contributed by atoms with E-state index in [4.69, 9.17) is 11.6 Å². The molecule has 3 rings (SSSR count). The highest BCUT2D eigenvalue weighted by molar-refractivity contribution is 7.15. The van der Waals surface area contributed by atoms with E-state index in [9.17, 15) is 9.59 Å². The molecule has 0 aliphatic carbocycles. The molecule has 1 aromatic heterocycles. The van der Waals surface area contributed by atoms with Crippen LogP contribution >= 0.6 is 22.9 Å². The second-order valence-electron chi connectivity index (χ2n) is 7.10. The third-order valence-corrected chi connectivity index (χ3v) is 6.02. The minimum Gasteiger partial charge on any atom is -0.368 e. The minimum atomic E-state index is -0.203. The molecule has 1 aliphatic rings. The lowest BCUT2D eigenvalue weighted by atomic mass is 10.1. The maximum Gasteiger partial charge on any atom is 0.226 e. The van der Waals surface area contributed by atoms with E-state index in [1.54, 1.807) is 0 Å². The van der Waals surface area contributed by atoms with Gasteiger partial charge in [0.1, 0.15) is 5.01 Å². The number of carbonyl (C=O) groups is 2. The number of carbonyl (C=O) groups excluding carboxylic acids is 2. The van der Waals surface area contributed by atoms with Crippen LogP contribution in [0, 0.1) is 6.92 Å². The van der Waals surface area contributed by atoms with Crippen LogP contribution in [0.2, 0.25) is 5.02 Å². The van der Waals surface area contributed by atoms with E-state index in [0.29, 0.717) is 23.2 Å². The summed E-state index contributed by atoms with van der Waals surface area (Å²) >= 11 is 7.51. The number of nitrogens with one attached hydrogen (secondary N) is 1. The Kier molecular flexibility index (Phi) is 7.44. The van der Waals surface area contributed by atoms with Gasteiger partial charge in [0.2, 0.25) is 16.9 Å². The molecule has 0 saturated carbocycles. The van der Waals surface area contributed by atoms with E-state index < -0.39 is 0 Å². The first-order valence-corrected chi connectivity index (χ1v) is 11.1. The highest BCUT2D eigenvalue weighted by Gasteiger charge is 2.22. The smallest absolute Gasteiger partial charge is 0.226 e. The maximum atomic E-state index is 12.5. The summed E-state index contributed by atoms with van der Waals surface area (Å²) in [5.74, 6) is -0.197. The van der Waals surface area contributed by atoms with Gasteiger partial charge in [-0.05, 0) is 31.0 Å². The molecule has 1 aliphatic heterocycles. The van der Waals surface area contributed by atoms with Crippen molar-refractivity contribution in [3.05, 3.63) is 33.8 Å². The lowest BCUT2D eigenvalue weighted by Gasteiger charge is -2.37. The Morgan fingerprint density at radius 1 is 1.17 bits per heavy atom. The van der Waals surface area contributed by atoms with Crippen LogP contribution in [-0.2, 0) is 16.0 Å². The number of aromatic nitrogens is 2. The molecule has 0 bridgehead atoms. The fourth-order valence-corrected chi connectivity index (χ4v) is 4.32. The van der Waals surface area contributed by atoms with Gasteiger partial charge in [0.15, 0.2) is 0 Å². The average Bonchev–Trinajstić information content (AvgIpc) is 3.15. The zero-order valence-corrected chi connectivity index (χ0v) is 18.4. The largest absolute Gasteiger partial charge is 0.368 e. The Balaban J connectivity index is 1.43. The molecule has 1 saturated heterocycles. The lowest BCUT2D eigenvalue weighted by molar-refractivity contribution is -0.133. The van der Waals surface area contributed by atoms with Crippen molar-refractivity contribution in [2.75, 3.05) is 36.4 Å². The molecule has 0 radical (unpaired) electrons. The van der Waals surface area contributed by atoms with Crippen molar-refractivity contribution < 1.29 is 9.59 Å². The molecule has 0 atom stereocenters. The quantitative estimate of drug-likeness (QED) is 0.719. The SMILES string of the molecule is CCCc1nnc(NC(=O)CCC(=O)N2CCN(c3cc(Cl)ccc3C)CC2)s1. The van der Waals surface area contributed by atoms with Crippen molar-refractivity contribution in [3.63, 3.8) is 0 Å². The van der Waals surface area contributed by atoms with Crippen LogP contribution in [0.1, 0.15) is 36.8 Å². The summed E-state index contributed by atoms with van der Waals surface area (Å²) in [7, 11) is 0. The number of hydrogen-bond acceptors (Lipinski definition) is 6. The van der Waals surface area contributed by atoms with E-state index in [0.717, 1.165) is 36.6 Å². The number of benzene rings is 1. The van der Waals surface area contributed by atoms with E-state index in [-0.39, 0.29) is 24.7 Å². The molecular formula is C20H26ClN5O2S. The summed E-state index contributed by atoms with van der Waals surface area (Å²) in [5, 5.41) is 12.9. The summed E-state index contributed by atoms with van der Waals surface area (Å²) in [6, 6.07) is 5.87. The Bertz CT molecular complexity index is 864. The molecule has 2 heterocycles. The van der Waals surface area contributed by atoms with Crippen LogP contribution in [-0.4, -0.2) is 53.1 Å².